The van der Waals surface area contributed by atoms with E-state index in [2.05, 4.69) is 17.9 Å². The summed E-state index contributed by atoms with van der Waals surface area (Å²) in [5.41, 5.74) is 2.53. The Morgan fingerprint density at radius 2 is 2.00 bits per heavy atom. The molecule has 0 saturated carbocycles. The Hall–Kier alpha value is -1.29. The monoisotopic (exact) mass is 222 g/mol. The second-order valence-electron chi connectivity index (χ2n) is 3.43. The number of nitrogens with one attached hydrogen (secondary N) is 2. The Morgan fingerprint density at radius 1 is 1.40 bits per heavy atom. The Morgan fingerprint density at radius 3 is 2.47 bits per heavy atom. The average molecular weight is 222 g/mol. The van der Waals surface area contributed by atoms with Crippen molar-refractivity contribution in [3.63, 3.8) is 0 Å². The van der Waals surface area contributed by atoms with Gasteiger partial charge < -0.3 is 5.32 Å². The third-order valence-corrected chi connectivity index (χ3v) is 2.52. The molecule has 1 rings (SSSR count). The third kappa shape index (κ3) is 2.39. The van der Waals surface area contributed by atoms with E-state index >= 15 is 0 Å². The number of amides is 1. The van der Waals surface area contributed by atoms with Crippen molar-refractivity contribution >= 4 is 24.2 Å². The molecule has 0 spiro atoms. The molecule has 0 unspecified atom stereocenters. The number of hydrogen-bond donors (Lipinski definition) is 3. The summed E-state index contributed by atoms with van der Waals surface area (Å²) in [7, 11) is 1.51. The van der Waals surface area contributed by atoms with Crippen molar-refractivity contribution in [2.24, 2.45) is 0 Å². The van der Waals surface area contributed by atoms with Gasteiger partial charge in [0.05, 0.1) is 0 Å². The summed E-state index contributed by atoms with van der Waals surface area (Å²) < 4.78 is 0. The van der Waals surface area contributed by atoms with E-state index in [1.165, 1.54) is 7.05 Å². The molecule has 0 saturated heterocycles. The zero-order valence-electron chi connectivity index (χ0n) is 9.01. The maximum absolute atomic E-state index is 11.3. The number of thiol groups is 1. The van der Waals surface area contributed by atoms with Crippen molar-refractivity contribution < 1.29 is 4.79 Å². The zero-order valence-corrected chi connectivity index (χ0v) is 9.90. The van der Waals surface area contributed by atoms with Crippen LogP contribution in [-0.4, -0.2) is 18.7 Å². The lowest BCUT2D eigenvalue weighted by atomic mass is 10.0. The Kier molecular flexibility index (Phi) is 3.52. The van der Waals surface area contributed by atoms with Gasteiger partial charge in [-0.1, -0.05) is 6.07 Å². The van der Waals surface area contributed by atoms with Crippen LogP contribution in [-0.2, 0) is 4.79 Å². The topological polar surface area (TPSA) is 53.0 Å². The third-order valence-electron chi connectivity index (χ3n) is 2.16. The molecule has 1 aromatic carbocycles. The maximum Gasteiger partial charge on any atom is 0.269 e. The van der Waals surface area contributed by atoms with Crippen LogP contribution in [0.25, 0.3) is 0 Å². The van der Waals surface area contributed by atoms with E-state index in [0.29, 0.717) is 10.5 Å². The van der Waals surface area contributed by atoms with E-state index in [-0.39, 0.29) is 5.71 Å². The number of benzene rings is 1. The molecule has 3 nitrogen and oxygen atoms in total. The Bertz CT molecular complexity index is 404. The van der Waals surface area contributed by atoms with Crippen LogP contribution in [0.2, 0.25) is 0 Å². The lowest BCUT2D eigenvalue weighted by molar-refractivity contribution is -0.114. The highest BCUT2D eigenvalue weighted by Gasteiger charge is 2.15. The molecule has 0 heterocycles. The number of likely N-dealkylation sites (N-methyl/N-ethyl adjacent to an activating group) is 1. The minimum Gasteiger partial charge on any atom is -0.354 e. The van der Waals surface area contributed by atoms with Gasteiger partial charge in [-0.3, -0.25) is 10.2 Å². The second-order valence-corrected chi connectivity index (χ2v) is 3.91. The van der Waals surface area contributed by atoms with Gasteiger partial charge in [0.15, 0.2) is 0 Å². The summed E-state index contributed by atoms with van der Waals surface area (Å²) >= 11 is 4.29. The fourth-order valence-corrected chi connectivity index (χ4v) is 2.00. The highest BCUT2D eigenvalue weighted by Crippen LogP contribution is 2.20. The molecule has 1 aromatic rings. The minimum absolute atomic E-state index is 0.0417. The quantitative estimate of drug-likeness (QED) is 0.518. The number of carbonyl (C=O) groups excluding carboxylic acids is 1. The van der Waals surface area contributed by atoms with Crippen molar-refractivity contribution in [1.29, 1.82) is 5.41 Å². The van der Waals surface area contributed by atoms with Crippen molar-refractivity contribution in [1.82, 2.24) is 5.32 Å². The largest absolute Gasteiger partial charge is 0.354 e. The summed E-state index contributed by atoms with van der Waals surface area (Å²) in [6, 6.07) is 3.79. The highest BCUT2D eigenvalue weighted by atomic mass is 32.1. The first-order chi connectivity index (χ1) is 6.97. The number of carbonyl (C=O) groups is 1. The van der Waals surface area contributed by atoms with Crippen LogP contribution in [0.4, 0.5) is 0 Å². The van der Waals surface area contributed by atoms with Crippen LogP contribution in [0.3, 0.4) is 0 Å². The number of aryl methyl sites for hydroxylation is 2. The van der Waals surface area contributed by atoms with Crippen molar-refractivity contribution in [2.75, 3.05) is 7.05 Å². The van der Waals surface area contributed by atoms with Crippen LogP contribution in [0.5, 0.6) is 0 Å². The maximum atomic E-state index is 11.3. The molecule has 0 aliphatic heterocycles. The van der Waals surface area contributed by atoms with Gasteiger partial charge in [-0.2, -0.15) is 0 Å². The Balaban J connectivity index is 3.26. The minimum atomic E-state index is -0.391. The van der Waals surface area contributed by atoms with Crippen LogP contribution in [0.1, 0.15) is 16.7 Å². The summed E-state index contributed by atoms with van der Waals surface area (Å²) in [5.74, 6) is -0.391. The molecule has 4 heteroatoms. The van der Waals surface area contributed by atoms with Crippen LogP contribution >= 0.6 is 12.6 Å². The van der Waals surface area contributed by atoms with Crippen LogP contribution in [0.15, 0.2) is 17.0 Å². The van der Waals surface area contributed by atoms with Gasteiger partial charge in [-0.15, -0.1) is 12.6 Å². The smallest absolute Gasteiger partial charge is 0.269 e. The molecular formula is C11H14N2OS. The fraction of sp³-hybridized carbons (Fsp3) is 0.273. The van der Waals surface area contributed by atoms with Crippen molar-refractivity contribution in [3.05, 3.63) is 28.8 Å². The molecule has 0 aliphatic carbocycles. The Labute approximate surface area is 94.8 Å². The van der Waals surface area contributed by atoms with Gasteiger partial charge >= 0.3 is 0 Å². The molecule has 80 valence electrons. The predicted molar refractivity (Wildman–Crippen MR) is 64.1 cm³/mol. The molecule has 2 N–H and O–H groups in total. The van der Waals surface area contributed by atoms with Gasteiger partial charge in [0.1, 0.15) is 5.71 Å². The summed E-state index contributed by atoms with van der Waals surface area (Å²) in [6.45, 7) is 3.83. The summed E-state index contributed by atoms with van der Waals surface area (Å²) in [5, 5.41) is 10.2. The van der Waals surface area contributed by atoms with Crippen molar-refractivity contribution in [3.8, 4) is 0 Å². The average Bonchev–Trinajstić information content (AvgIpc) is 2.14. The standard InChI is InChI=1S/C11H14N2OS/c1-6-4-7(2)9(8(15)5-6)10(12)11(14)13-3/h4-5,12,15H,1-3H3,(H,13,14). The van der Waals surface area contributed by atoms with E-state index in [1.54, 1.807) is 0 Å². The number of rotatable bonds is 2. The van der Waals surface area contributed by atoms with E-state index in [1.807, 2.05) is 26.0 Å². The van der Waals surface area contributed by atoms with Gasteiger partial charge in [-0.05, 0) is 31.0 Å². The fourth-order valence-electron chi connectivity index (χ4n) is 1.51. The molecular weight excluding hydrogens is 208 g/mol. The van der Waals surface area contributed by atoms with Crippen LogP contribution < -0.4 is 5.32 Å². The molecule has 0 aromatic heterocycles. The van der Waals surface area contributed by atoms with E-state index in [0.717, 1.165) is 11.1 Å². The van der Waals surface area contributed by atoms with Crippen LogP contribution in [0, 0.1) is 19.3 Å². The van der Waals surface area contributed by atoms with Gasteiger partial charge in [0, 0.05) is 17.5 Å². The zero-order chi connectivity index (χ0) is 11.6. The van der Waals surface area contributed by atoms with Gasteiger partial charge in [0.25, 0.3) is 5.91 Å². The van der Waals surface area contributed by atoms with Gasteiger partial charge in [-0.25, -0.2) is 0 Å². The normalized spacial score (nSPS) is 9.87. The lowest BCUT2D eigenvalue weighted by Crippen LogP contribution is -2.28. The molecule has 0 atom stereocenters. The van der Waals surface area contributed by atoms with E-state index in [4.69, 9.17) is 5.41 Å². The lowest BCUT2D eigenvalue weighted by Gasteiger charge is -2.10. The molecule has 0 fully saturated rings. The predicted octanol–water partition coefficient (Wildman–Crippen LogP) is 1.71. The van der Waals surface area contributed by atoms with E-state index in [9.17, 15) is 4.79 Å². The molecule has 0 bridgehead atoms. The molecule has 0 aliphatic rings. The first-order valence-corrected chi connectivity index (χ1v) is 5.03. The number of hydrogen-bond acceptors (Lipinski definition) is 3. The first kappa shape index (κ1) is 11.8. The van der Waals surface area contributed by atoms with Crippen molar-refractivity contribution in [2.45, 2.75) is 18.7 Å². The molecule has 0 radical (unpaired) electrons. The summed E-state index contributed by atoms with van der Waals surface area (Å²) in [6.07, 6.45) is 0. The first-order valence-electron chi connectivity index (χ1n) is 4.58. The molecule has 15 heavy (non-hydrogen) atoms. The SMILES string of the molecule is CNC(=O)C(=N)c1c(C)cc(C)cc1S. The van der Waals surface area contributed by atoms with E-state index < -0.39 is 5.91 Å². The summed E-state index contributed by atoms with van der Waals surface area (Å²) in [4.78, 5) is 12.0. The molecule has 1 amide bonds. The highest BCUT2D eigenvalue weighted by molar-refractivity contribution is 7.80. The van der Waals surface area contributed by atoms with Gasteiger partial charge in [0.2, 0.25) is 0 Å². The second kappa shape index (κ2) is 4.49.